The highest BCUT2D eigenvalue weighted by molar-refractivity contribution is 8.15. The van der Waals surface area contributed by atoms with Crippen molar-refractivity contribution in [1.29, 1.82) is 0 Å². The first-order chi connectivity index (χ1) is 16.0. The predicted molar refractivity (Wildman–Crippen MR) is 134 cm³/mol. The smallest absolute Gasteiger partial charge is 0.270 e. The van der Waals surface area contributed by atoms with Crippen molar-refractivity contribution >= 4 is 46.0 Å². The number of hydrogen-bond acceptors (Lipinski definition) is 5. The molecule has 170 valence electrons. The van der Waals surface area contributed by atoms with Crippen LogP contribution in [-0.2, 0) is 16.0 Å². The lowest BCUT2D eigenvalue weighted by atomic mass is 10.0. The molecular formula is C26H28N4O2S. The Balaban J connectivity index is 1.48. The van der Waals surface area contributed by atoms with Gasteiger partial charge in [-0.2, -0.15) is 4.99 Å². The van der Waals surface area contributed by atoms with E-state index >= 15 is 0 Å². The van der Waals surface area contributed by atoms with Gasteiger partial charge < -0.3 is 4.90 Å². The zero-order chi connectivity index (χ0) is 23.1. The molecule has 33 heavy (non-hydrogen) atoms. The minimum Gasteiger partial charge on any atom is -0.311 e. The van der Waals surface area contributed by atoms with E-state index in [2.05, 4.69) is 24.9 Å². The quantitative estimate of drug-likeness (QED) is 0.643. The highest BCUT2D eigenvalue weighted by Gasteiger charge is 2.43. The second-order valence-electron chi connectivity index (χ2n) is 9.08. The van der Waals surface area contributed by atoms with Crippen molar-refractivity contribution < 1.29 is 9.59 Å². The zero-order valence-corrected chi connectivity index (χ0v) is 20.0. The molecule has 0 spiro atoms. The van der Waals surface area contributed by atoms with Gasteiger partial charge in [0.05, 0.1) is 10.9 Å². The summed E-state index contributed by atoms with van der Waals surface area (Å²) < 4.78 is 0. The number of rotatable bonds is 5. The van der Waals surface area contributed by atoms with Gasteiger partial charge in [0.25, 0.3) is 5.91 Å². The van der Waals surface area contributed by atoms with Gasteiger partial charge in [-0.25, -0.2) is 4.99 Å². The Morgan fingerprint density at radius 3 is 2.67 bits per heavy atom. The maximum atomic E-state index is 13.6. The maximum absolute atomic E-state index is 13.6. The first kappa shape index (κ1) is 21.9. The van der Waals surface area contributed by atoms with E-state index in [1.165, 1.54) is 17.3 Å². The summed E-state index contributed by atoms with van der Waals surface area (Å²) in [5, 5.41) is 0.397. The summed E-state index contributed by atoms with van der Waals surface area (Å²) >= 11 is 1.46. The fourth-order valence-electron chi connectivity index (χ4n) is 4.73. The minimum absolute atomic E-state index is 0.0958. The van der Waals surface area contributed by atoms with Crippen molar-refractivity contribution in [3.63, 3.8) is 0 Å². The number of nitrogens with zero attached hydrogens (tertiary/aromatic N) is 4. The molecule has 5 rings (SSSR count). The molecule has 2 aromatic carbocycles. The van der Waals surface area contributed by atoms with Gasteiger partial charge in [0.2, 0.25) is 5.91 Å². The van der Waals surface area contributed by atoms with Crippen molar-refractivity contribution in [2.75, 3.05) is 11.4 Å². The standard InChI is InChI=1S/C26H28N4O2S/c1-4-22(25(32)29-14-13-17-9-5-8-12-20(17)29)33-26-27-19-11-7-6-10-18(19)23-28-24(31)21(30(23)26)15-16(2)3/h5-12,16,21-22H,4,13-15H2,1-3H3. The van der Waals surface area contributed by atoms with E-state index in [-0.39, 0.29) is 23.1 Å². The Bertz CT molecular complexity index is 1170. The molecule has 6 nitrogen and oxygen atoms in total. The SMILES string of the molecule is CCC(SC1=Nc2ccccc2C2=NC(=O)C(CC(C)C)N12)C(=O)N1CCc2ccccc21. The molecule has 0 N–H and O–H groups in total. The van der Waals surface area contributed by atoms with E-state index in [1.54, 1.807) is 0 Å². The minimum atomic E-state index is -0.375. The van der Waals surface area contributed by atoms with E-state index in [0.29, 0.717) is 36.3 Å². The number of thioether (sulfide) groups is 1. The Morgan fingerprint density at radius 2 is 1.88 bits per heavy atom. The number of amides is 2. The molecule has 0 fully saturated rings. The first-order valence-electron chi connectivity index (χ1n) is 11.6. The van der Waals surface area contributed by atoms with Crippen molar-refractivity contribution in [2.45, 2.75) is 51.3 Å². The van der Waals surface area contributed by atoms with Crippen molar-refractivity contribution in [3.05, 3.63) is 59.7 Å². The summed E-state index contributed by atoms with van der Waals surface area (Å²) in [5.74, 6) is 0.962. The lowest BCUT2D eigenvalue weighted by molar-refractivity contribution is -0.120. The molecule has 2 unspecified atom stereocenters. The lowest BCUT2D eigenvalue weighted by Gasteiger charge is -2.33. The van der Waals surface area contributed by atoms with Gasteiger partial charge in [0.1, 0.15) is 11.9 Å². The molecule has 2 aromatic rings. The molecule has 3 heterocycles. The van der Waals surface area contributed by atoms with E-state index in [0.717, 1.165) is 23.4 Å². The van der Waals surface area contributed by atoms with Crippen LogP contribution in [0.1, 0.15) is 44.7 Å². The summed E-state index contributed by atoms with van der Waals surface area (Å²) in [6, 6.07) is 15.5. The number of amidine groups is 2. The molecule has 3 aliphatic heterocycles. The highest BCUT2D eigenvalue weighted by Crippen LogP contribution is 2.38. The molecular weight excluding hydrogens is 432 g/mol. The number of carbonyl (C=O) groups excluding carboxylic acids is 2. The summed E-state index contributed by atoms with van der Waals surface area (Å²) in [6.07, 6.45) is 2.25. The van der Waals surface area contributed by atoms with Gasteiger partial charge >= 0.3 is 0 Å². The molecule has 0 aliphatic carbocycles. The van der Waals surface area contributed by atoms with Gasteiger partial charge in [-0.1, -0.05) is 62.9 Å². The van der Waals surface area contributed by atoms with Crippen LogP contribution in [0.25, 0.3) is 0 Å². The summed E-state index contributed by atoms with van der Waals surface area (Å²) in [4.78, 5) is 39.7. The van der Waals surface area contributed by atoms with Crippen LogP contribution in [0.15, 0.2) is 58.5 Å². The van der Waals surface area contributed by atoms with E-state index in [1.807, 2.05) is 59.2 Å². The van der Waals surface area contributed by atoms with Crippen LogP contribution in [0.2, 0.25) is 0 Å². The fraction of sp³-hybridized carbons (Fsp3) is 0.385. The number of benzene rings is 2. The van der Waals surface area contributed by atoms with E-state index < -0.39 is 0 Å². The second kappa shape index (κ2) is 8.78. The molecule has 2 atom stereocenters. The molecule has 0 saturated carbocycles. The zero-order valence-electron chi connectivity index (χ0n) is 19.2. The second-order valence-corrected chi connectivity index (χ2v) is 10.3. The van der Waals surface area contributed by atoms with Crippen LogP contribution in [-0.4, -0.2) is 45.6 Å². The predicted octanol–water partition coefficient (Wildman–Crippen LogP) is 4.79. The van der Waals surface area contributed by atoms with Crippen LogP contribution in [0, 0.1) is 5.92 Å². The molecule has 0 bridgehead atoms. The van der Waals surface area contributed by atoms with E-state index in [9.17, 15) is 9.59 Å². The highest BCUT2D eigenvalue weighted by atomic mass is 32.2. The molecule has 2 amide bonds. The number of anilines is 1. The van der Waals surface area contributed by atoms with E-state index in [4.69, 9.17) is 4.99 Å². The third-order valence-electron chi connectivity index (χ3n) is 6.35. The lowest BCUT2D eigenvalue weighted by Crippen LogP contribution is -2.46. The summed E-state index contributed by atoms with van der Waals surface area (Å²) in [5.41, 5.74) is 3.89. The van der Waals surface area contributed by atoms with Gasteiger partial charge in [0, 0.05) is 17.8 Å². The molecule has 0 saturated heterocycles. The average Bonchev–Trinajstić information content (AvgIpc) is 3.38. The van der Waals surface area contributed by atoms with Crippen molar-refractivity contribution in [2.24, 2.45) is 15.9 Å². The molecule has 7 heteroatoms. The number of fused-ring (bicyclic) bond motifs is 4. The largest absolute Gasteiger partial charge is 0.311 e. The molecule has 0 radical (unpaired) electrons. The van der Waals surface area contributed by atoms with Gasteiger partial charge in [-0.3, -0.25) is 14.5 Å². The monoisotopic (exact) mass is 460 g/mol. The van der Waals surface area contributed by atoms with Crippen LogP contribution < -0.4 is 4.90 Å². The van der Waals surface area contributed by atoms with Gasteiger partial charge in [0.15, 0.2) is 5.17 Å². The number of aliphatic imine (C=N–C) groups is 2. The van der Waals surface area contributed by atoms with Gasteiger partial charge in [-0.05, 0) is 48.9 Å². The average molecular weight is 461 g/mol. The van der Waals surface area contributed by atoms with Crippen LogP contribution in [0.5, 0.6) is 0 Å². The Kier molecular flexibility index (Phi) is 5.83. The number of carbonyl (C=O) groups is 2. The topological polar surface area (TPSA) is 65.3 Å². The van der Waals surface area contributed by atoms with Crippen LogP contribution in [0.4, 0.5) is 11.4 Å². The third kappa shape index (κ3) is 3.88. The Hall–Kier alpha value is -2.93. The normalized spacial score (nSPS) is 19.8. The summed E-state index contributed by atoms with van der Waals surface area (Å²) in [7, 11) is 0. The fourth-order valence-corrected chi connectivity index (χ4v) is 5.86. The Labute approximate surface area is 198 Å². The van der Waals surface area contributed by atoms with Gasteiger partial charge in [-0.15, -0.1) is 0 Å². The number of para-hydroxylation sites is 2. The first-order valence-corrected chi connectivity index (χ1v) is 12.5. The maximum Gasteiger partial charge on any atom is 0.270 e. The van der Waals surface area contributed by atoms with Crippen molar-refractivity contribution in [3.8, 4) is 0 Å². The summed E-state index contributed by atoms with van der Waals surface area (Å²) in [6.45, 7) is 6.95. The van der Waals surface area contributed by atoms with Crippen LogP contribution >= 0.6 is 11.8 Å². The molecule has 0 aromatic heterocycles. The third-order valence-corrected chi connectivity index (χ3v) is 7.67. The number of hydrogen-bond donors (Lipinski definition) is 0. The van der Waals surface area contributed by atoms with Crippen LogP contribution in [0.3, 0.4) is 0 Å². The molecule has 3 aliphatic rings. The Morgan fingerprint density at radius 1 is 1.12 bits per heavy atom. The van der Waals surface area contributed by atoms with Crippen molar-refractivity contribution in [1.82, 2.24) is 4.90 Å².